The summed E-state index contributed by atoms with van der Waals surface area (Å²) in [6, 6.07) is 10.5. The van der Waals surface area contributed by atoms with E-state index in [0.29, 0.717) is 30.5 Å². The first kappa shape index (κ1) is 23.8. The number of hydrogen-bond donors (Lipinski definition) is 2. The zero-order valence-corrected chi connectivity index (χ0v) is 17.4. The maximum Gasteiger partial charge on any atom is 0.416 e. The van der Waals surface area contributed by atoms with E-state index in [-0.39, 0.29) is 18.2 Å². The van der Waals surface area contributed by atoms with Crippen molar-refractivity contribution in [2.24, 2.45) is 5.10 Å². The maximum absolute atomic E-state index is 12.8. The highest BCUT2D eigenvalue weighted by Crippen LogP contribution is 2.30. The van der Waals surface area contributed by atoms with Crippen LogP contribution < -0.4 is 15.5 Å². The second kappa shape index (κ2) is 10.6. The van der Waals surface area contributed by atoms with E-state index in [1.54, 1.807) is 29.2 Å². The van der Waals surface area contributed by atoms with Gasteiger partial charge in [0.1, 0.15) is 5.75 Å². The molecule has 174 valence electrons. The third-order valence-corrected chi connectivity index (χ3v) is 4.75. The standard InChI is InChI=1S/C22H21F3N4O4/c23-22(24,25)16-7-5-8-17(12-16)27-20(31)21(32)28-26-13-15-6-1-2-9-18(15)33-14-19(30)29-10-3-4-11-29/h1-2,5-9,12-13H,3-4,10-11,14H2,(H,27,31)(H,28,32)/b26-13-. The lowest BCUT2D eigenvalue weighted by atomic mass is 10.2. The predicted molar refractivity (Wildman–Crippen MR) is 114 cm³/mol. The number of benzene rings is 2. The first-order valence-corrected chi connectivity index (χ1v) is 10.1. The number of rotatable bonds is 6. The second-order valence-corrected chi connectivity index (χ2v) is 7.15. The Morgan fingerprint density at radius 3 is 2.48 bits per heavy atom. The van der Waals surface area contributed by atoms with E-state index in [0.717, 1.165) is 25.0 Å². The molecule has 2 aromatic carbocycles. The Kier molecular flexibility index (Phi) is 7.65. The van der Waals surface area contributed by atoms with Gasteiger partial charge in [0.2, 0.25) is 0 Å². The molecule has 0 aromatic heterocycles. The molecule has 0 aliphatic carbocycles. The number of hydrazone groups is 1. The van der Waals surface area contributed by atoms with Gasteiger partial charge < -0.3 is 15.0 Å². The summed E-state index contributed by atoms with van der Waals surface area (Å²) in [6.07, 6.45) is -1.42. The summed E-state index contributed by atoms with van der Waals surface area (Å²) < 4.78 is 43.8. The minimum Gasteiger partial charge on any atom is -0.483 e. The zero-order valence-electron chi connectivity index (χ0n) is 17.4. The molecule has 1 aliphatic heterocycles. The molecule has 0 bridgehead atoms. The number of carbonyl (C=O) groups excluding carboxylic acids is 3. The van der Waals surface area contributed by atoms with Gasteiger partial charge in [0.25, 0.3) is 5.91 Å². The lowest BCUT2D eigenvalue weighted by Gasteiger charge is -2.16. The van der Waals surface area contributed by atoms with Crippen molar-refractivity contribution in [1.29, 1.82) is 0 Å². The number of anilines is 1. The number of amides is 3. The normalized spacial score (nSPS) is 13.7. The molecule has 11 heteroatoms. The predicted octanol–water partition coefficient (Wildman–Crippen LogP) is 2.80. The molecule has 1 heterocycles. The monoisotopic (exact) mass is 462 g/mol. The zero-order chi connectivity index (χ0) is 23.8. The Bertz CT molecular complexity index is 1050. The minimum atomic E-state index is -4.58. The fourth-order valence-corrected chi connectivity index (χ4v) is 3.09. The molecule has 3 rings (SSSR count). The summed E-state index contributed by atoms with van der Waals surface area (Å²) in [4.78, 5) is 37.7. The number of nitrogens with zero attached hydrogens (tertiary/aromatic N) is 2. The average Bonchev–Trinajstić information content (AvgIpc) is 3.33. The van der Waals surface area contributed by atoms with Crippen molar-refractivity contribution in [2.45, 2.75) is 19.0 Å². The van der Waals surface area contributed by atoms with Crippen LogP contribution in [-0.4, -0.2) is 48.5 Å². The van der Waals surface area contributed by atoms with E-state index in [9.17, 15) is 27.6 Å². The van der Waals surface area contributed by atoms with Crippen molar-refractivity contribution in [1.82, 2.24) is 10.3 Å². The molecule has 3 amide bonds. The summed E-state index contributed by atoms with van der Waals surface area (Å²) in [6.45, 7) is 1.27. The van der Waals surface area contributed by atoms with Crippen molar-refractivity contribution in [3.8, 4) is 5.75 Å². The van der Waals surface area contributed by atoms with Crippen LogP contribution in [-0.2, 0) is 20.6 Å². The average molecular weight is 462 g/mol. The van der Waals surface area contributed by atoms with Crippen LogP contribution in [0.1, 0.15) is 24.0 Å². The molecule has 2 N–H and O–H groups in total. The first-order valence-electron chi connectivity index (χ1n) is 10.1. The van der Waals surface area contributed by atoms with Crippen LogP contribution in [0, 0.1) is 0 Å². The number of halogens is 3. The van der Waals surface area contributed by atoms with Crippen LogP contribution in [0.3, 0.4) is 0 Å². The second-order valence-electron chi connectivity index (χ2n) is 7.15. The molecule has 1 saturated heterocycles. The quantitative estimate of drug-likeness (QED) is 0.392. The van der Waals surface area contributed by atoms with Gasteiger partial charge in [0.05, 0.1) is 11.8 Å². The maximum atomic E-state index is 12.8. The van der Waals surface area contributed by atoms with Gasteiger partial charge >= 0.3 is 18.0 Å². The highest BCUT2D eigenvalue weighted by atomic mass is 19.4. The van der Waals surface area contributed by atoms with E-state index >= 15 is 0 Å². The molecule has 2 aromatic rings. The summed E-state index contributed by atoms with van der Waals surface area (Å²) >= 11 is 0. The van der Waals surface area contributed by atoms with Gasteiger partial charge in [0, 0.05) is 24.3 Å². The molecular weight excluding hydrogens is 441 g/mol. The van der Waals surface area contributed by atoms with E-state index in [1.165, 1.54) is 12.3 Å². The molecular formula is C22H21F3N4O4. The van der Waals surface area contributed by atoms with Crippen molar-refractivity contribution in [3.63, 3.8) is 0 Å². The first-order chi connectivity index (χ1) is 15.7. The third kappa shape index (κ3) is 6.79. The minimum absolute atomic E-state index is 0.126. The molecule has 1 aliphatic rings. The van der Waals surface area contributed by atoms with Crippen LogP contribution in [0.5, 0.6) is 5.75 Å². The molecule has 0 atom stereocenters. The van der Waals surface area contributed by atoms with E-state index in [2.05, 4.69) is 10.4 Å². The highest BCUT2D eigenvalue weighted by molar-refractivity contribution is 6.39. The van der Waals surface area contributed by atoms with Crippen molar-refractivity contribution >= 4 is 29.6 Å². The molecule has 0 radical (unpaired) electrons. The van der Waals surface area contributed by atoms with E-state index < -0.39 is 23.6 Å². The molecule has 0 unspecified atom stereocenters. The fraction of sp³-hybridized carbons (Fsp3) is 0.273. The van der Waals surface area contributed by atoms with Crippen LogP contribution in [0.15, 0.2) is 53.6 Å². The molecule has 33 heavy (non-hydrogen) atoms. The van der Waals surface area contributed by atoms with Crippen LogP contribution >= 0.6 is 0 Å². The number of likely N-dealkylation sites (tertiary alicyclic amines) is 1. The smallest absolute Gasteiger partial charge is 0.416 e. The van der Waals surface area contributed by atoms with Gasteiger partial charge in [-0.05, 0) is 43.2 Å². The Hall–Kier alpha value is -3.89. The number of para-hydroxylation sites is 1. The lowest BCUT2D eigenvalue weighted by molar-refractivity contribution is -0.137. The number of ether oxygens (including phenoxy) is 1. The lowest BCUT2D eigenvalue weighted by Crippen LogP contribution is -2.32. The Labute approximate surface area is 187 Å². The SMILES string of the molecule is O=C(N/N=C\c1ccccc1OCC(=O)N1CCCC1)C(=O)Nc1cccc(C(F)(F)F)c1. The van der Waals surface area contributed by atoms with Crippen LogP contribution in [0.25, 0.3) is 0 Å². The number of alkyl halides is 3. The Morgan fingerprint density at radius 1 is 1.03 bits per heavy atom. The van der Waals surface area contributed by atoms with Gasteiger partial charge in [-0.25, -0.2) is 5.43 Å². The Morgan fingerprint density at radius 2 is 1.76 bits per heavy atom. The molecule has 1 fully saturated rings. The number of nitrogens with one attached hydrogen (secondary N) is 2. The van der Waals surface area contributed by atoms with Gasteiger partial charge in [-0.15, -0.1) is 0 Å². The largest absolute Gasteiger partial charge is 0.483 e. The molecule has 0 spiro atoms. The molecule has 8 nitrogen and oxygen atoms in total. The van der Waals surface area contributed by atoms with Crippen molar-refractivity contribution in [3.05, 3.63) is 59.7 Å². The topological polar surface area (TPSA) is 100 Å². The van der Waals surface area contributed by atoms with Crippen molar-refractivity contribution < 1.29 is 32.3 Å². The number of carbonyl (C=O) groups is 3. The van der Waals surface area contributed by atoms with Gasteiger partial charge in [-0.2, -0.15) is 18.3 Å². The van der Waals surface area contributed by atoms with Gasteiger partial charge in [0.15, 0.2) is 6.61 Å². The summed E-state index contributed by atoms with van der Waals surface area (Å²) in [7, 11) is 0. The summed E-state index contributed by atoms with van der Waals surface area (Å²) in [5.74, 6) is -2.13. The van der Waals surface area contributed by atoms with E-state index in [4.69, 9.17) is 4.74 Å². The summed E-state index contributed by atoms with van der Waals surface area (Å²) in [5.41, 5.74) is 1.30. The highest BCUT2D eigenvalue weighted by Gasteiger charge is 2.30. The van der Waals surface area contributed by atoms with Gasteiger partial charge in [-0.1, -0.05) is 18.2 Å². The van der Waals surface area contributed by atoms with Gasteiger partial charge in [-0.3, -0.25) is 14.4 Å². The van der Waals surface area contributed by atoms with E-state index in [1.807, 2.05) is 5.43 Å². The number of hydrogen-bond acceptors (Lipinski definition) is 5. The molecule has 0 saturated carbocycles. The third-order valence-electron chi connectivity index (χ3n) is 4.75. The summed E-state index contributed by atoms with van der Waals surface area (Å²) in [5, 5.41) is 5.77. The fourth-order valence-electron chi connectivity index (χ4n) is 3.09. The Balaban J connectivity index is 1.54. The van der Waals surface area contributed by atoms with Crippen molar-refractivity contribution in [2.75, 3.05) is 25.0 Å². The van der Waals surface area contributed by atoms with Crippen LogP contribution in [0.2, 0.25) is 0 Å². The van der Waals surface area contributed by atoms with Crippen LogP contribution in [0.4, 0.5) is 18.9 Å².